The van der Waals surface area contributed by atoms with Crippen LogP contribution in [0.3, 0.4) is 0 Å². The number of amidine groups is 2. The molecule has 1 aromatic heterocycles. The van der Waals surface area contributed by atoms with Crippen molar-refractivity contribution in [1.29, 1.82) is 0 Å². The van der Waals surface area contributed by atoms with Crippen molar-refractivity contribution >= 4 is 33.5 Å². The third kappa shape index (κ3) is 3.38. The van der Waals surface area contributed by atoms with E-state index in [4.69, 9.17) is 5.73 Å². The van der Waals surface area contributed by atoms with Crippen molar-refractivity contribution in [3.63, 3.8) is 0 Å². The molecule has 0 fully saturated rings. The largest absolute Gasteiger partial charge is 0.383 e. The van der Waals surface area contributed by atoms with Crippen LogP contribution in [0.1, 0.15) is 11.1 Å². The summed E-state index contributed by atoms with van der Waals surface area (Å²) in [5, 5.41) is 2.49. The molecule has 0 amide bonds. The molecule has 0 unspecified atom stereocenters. The Morgan fingerprint density at radius 3 is 1.77 bits per heavy atom. The molecule has 0 saturated heterocycles. The minimum atomic E-state index is 0.443. The van der Waals surface area contributed by atoms with Crippen molar-refractivity contribution in [2.24, 2.45) is 15.7 Å². The van der Waals surface area contributed by atoms with Gasteiger partial charge in [-0.05, 0) is 36.4 Å². The topological polar surface area (TPSA) is 55.7 Å². The number of nitrogens with two attached hydrogens (primary N) is 1. The molecule has 0 aliphatic rings. The van der Waals surface area contributed by atoms with Crippen molar-refractivity contribution < 1.29 is 0 Å². The Kier molecular flexibility index (Phi) is 4.81. The van der Waals surface area contributed by atoms with Gasteiger partial charge in [0.05, 0.1) is 11.0 Å². The summed E-state index contributed by atoms with van der Waals surface area (Å²) in [7, 11) is 1.73. The molecule has 0 radical (unpaired) electrons. The van der Waals surface area contributed by atoms with Crippen LogP contribution in [0.4, 0.5) is 0 Å². The van der Waals surface area contributed by atoms with Gasteiger partial charge in [0.25, 0.3) is 0 Å². The van der Waals surface area contributed by atoms with Crippen LogP contribution in [-0.4, -0.2) is 23.3 Å². The van der Waals surface area contributed by atoms with Gasteiger partial charge in [-0.1, -0.05) is 66.7 Å². The van der Waals surface area contributed by atoms with E-state index >= 15 is 0 Å². The number of fused-ring (bicyclic) bond motifs is 3. The first-order valence-electron chi connectivity index (χ1n) is 10.2. The van der Waals surface area contributed by atoms with Crippen LogP contribution in [0, 0.1) is 0 Å². The molecular formula is C27H22N4. The molecule has 0 aliphatic heterocycles. The normalized spacial score (nSPS) is 12.5. The average Bonchev–Trinajstić information content (AvgIpc) is 3.17. The molecule has 0 saturated carbocycles. The summed E-state index contributed by atoms with van der Waals surface area (Å²) in [5.74, 6) is 1.06. The monoisotopic (exact) mass is 402 g/mol. The van der Waals surface area contributed by atoms with Crippen molar-refractivity contribution in [2.45, 2.75) is 0 Å². The summed E-state index contributed by atoms with van der Waals surface area (Å²) < 4.78 is 2.28. The molecule has 4 aromatic carbocycles. The predicted octanol–water partition coefficient (Wildman–Crippen LogP) is 5.57. The third-order valence-electron chi connectivity index (χ3n) is 5.47. The SMILES string of the molecule is CN=C(N=C(N)c1ccc(-n2c3ccccc3c3ccccc32)cc1)c1ccccc1. The van der Waals surface area contributed by atoms with Crippen LogP contribution in [0.25, 0.3) is 27.5 Å². The van der Waals surface area contributed by atoms with E-state index in [0.717, 1.165) is 16.8 Å². The van der Waals surface area contributed by atoms with Gasteiger partial charge >= 0.3 is 0 Å². The maximum absolute atomic E-state index is 6.32. The van der Waals surface area contributed by atoms with Crippen molar-refractivity contribution in [3.05, 3.63) is 114 Å². The van der Waals surface area contributed by atoms with Crippen LogP contribution in [0.15, 0.2) is 113 Å². The average molecular weight is 403 g/mol. The lowest BCUT2D eigenvalue weighted by Gasteiger charge is -2.09. The minimum Gasteiger partial charge on any atom is -0.383 e. The van der Waals surface area contributed by atoms with E-state index in [0.29, 0.717) is 11.7 Å². The predicted molar refractivity (Wildman–Crippen MR) is 130 cm³/mol. The summed E-state index contributed by atoms with van der Waals surface area (Å²) in [6.45, 7) is 0. The van der Waals surface area contributed by atoms with Gasteiger partial charge < -0.3 is 10.3 Å². The highest BCUT2D eigenvalue weighted by molar-refractivity contribution is 6.11. The minimum absolute atomic E-state index is 0.443. The number of aromatic nitrogens is 1. The van der Waals surface area contributed by atoms with Gasteiger partial charge in [-0.2, -0.15) is 0 Å². The fraction of sp³-hybridized carbons (Fsp3) is 0.0370. The van der Waals surface area contributed by atoms with Gasteiger partial charge in [0.15, 0.2) is 5.84 Å². The summed E-state index contributed by atoms with van der Waals surface area (Å²) in [6.07, 6.45) is 0. The van der Waals surface area contributed by atoms with E-state index in [-0.39, 0.29) is 0 Å². The lowest BCUT2D eigenvalue weighted by molar-refractivity contribution is 1.18. The molecule has 150 valence electrons. The van der Waals surface area contributed by atoms with Gasteiger partial charge in [0.2, 0.25) is 0 Å². The highest BCUT2D eigenvalue weighted by atomic mass is 15.0. The number of para-hydroxylation sites is 2. The standard InChI is InChI=1S/C27H22N4/c1-29-27(20-9-3-2-4-10-20)30-26(28)19-15-17-21(18-16-19)31-24-13-7-5-11-22(24)23-12-6-8-14-25(23)31/h2-18H,1H3,(H2,28,29,30). The molecule has 0 bridgehead atoms. The molecule has 4 heteroatoms. The third-order valence-corrected chi connectivity index (χ3v) is 5.47. The summed E-state index contributed by atoms with van der Waals surface area (Å²) in [5.41, 5.74) is 11.6. The molecule has 5 aromatic rings. The van der Waals surface area contributed by atoms with Crippen LogP contribution in [-0.2, 0) is 0 Å². The van der Waals surface area contributed by atoms with Gasteiger partial charge in [-0.3, -0.25) is 4.99 Å². The Balaban J connectivity index is 1.55. The quantitative estimate of drug-likeness (QED) is 0.311. The highest BCUT2D eigenvalue weighted by Crippen LogP contribution is 2.31. The molecule has 5 rings (SSSR count). The maximum Gasteiger partial charge on any atom is 0.156 e. The Hall–Kier alpha value is -4.18. The molecule has 31 heavy (non-hydrogen) atoms. The second-order valence-corrected chi connectivity index (χ2v) is 7.33. The molecule has 2 N–H and O–H groups in total. The highest BCUT2D eigenvalue weighted by Gasteiger charge is 2.11. The summed E-state index contributed by atoms with van der Waals surface area (Å²) >= 11 is 0. The van der Waals surface area contributed by atoms with Crippen LogP contribution in [0.5, 0.6) is 0 Å². The smallest absolute Gasteiger partial charge is 0.156 e. The van der Waals surface area contributed by atoms with Crippen molar-refractivity contribution in [2.75, 3.05) is 7.05 Å². The number of benzene rings is 4. The van der Waals surface area contributed by atoms with E-state index in [1.807, 2.05) is 42.5 Å². The summed E-state index contributed by atoms with van der Waals surface area (Å²) in [6, 6.07) is 35.0. The van der Waals surface area contributed by atoms with E-state index < -0.39 is 0 Å². The first-order chi connectivity index (χ1) is 15.3. The van der Waals surface area contributed by atoms with Gasteiger partial charge in [0.1, 0.15) is 5.84 Å². The molecule has 4 nitrogen and oxygen atoms in total. The molecule has 1 heterocycles. The van der Waals surface area contributed by atoms with Crippen LogP contribution in [0.2, 0.25) is 0 Å². The lowest BCUT2D eigenvalue weighted by Crippen LogP contribution is -2.16. The maximum atomic E-state index is 6.32. The lowest BCUT2D eigenvalue weighted by atomic mass is 10.1. The zero-order chi connectivity index (χ0) is 21.2. The number of rotatable bonds is 3. The Bertz CT molecular complexity index is 1370. The van der Waals surface area contributed by atoms with E-state index in [1.54, 1.807) is 7.05 Å². The van der Waals surface area contributed by atoms with Gasteiger partial charge in [0, 0.05) is 34.6 Å². The second-order valence-electron chi connectivity index (χ2n) is 7.33. The van der Waals surface area contributed by atoms with Crippen LogP contribution < -0.4 is 5.73 Å². The Morgan fingerprint density at radius 2 is 1.19 bits per heavy atom. The molecule has 0 aliphatic carbocycles. The molecule has 0 spiro atoms. The zero-order valence-corrected chi connectivity index (χ0v) is 17.2. The fourth-order valence-corrected chi connectivity index (χ4v) is 3.99. The van der Waals surface area contributed by atoms with Gasteiger partial charge in [-0.25, -0.2) is 4.99 Å². The van der Waals surface area contributed by atoms with Crippen molar-refractivity contribution in [3.8, 4) is 5.69 Å². The van der Waals surface area contributed by atoms with Gasteiger partial charge in [-0.15, -0.1) is 0 Å². The van der Waals surface area contributed by atoms with E-state index in [9.17, 15) is 0 Å². The molecule has 0 atom stereocenters. The van der Waals surface area contributed by atoms with Crippen molar-refractivity contribution in [1.82, 2.24) is 4.57 Å². The fourth-order valence-electron chi connectivity index (χ4n) is 3.99. The number of hydrogen-bond donors (Lipinski definition) is 1. The number of aliphatic imine (C=N–C) groups is 2. The molecular weight excluding hydrogens is 380 g/mol. The first kappa shape index (κ1) is 18.8. The van der Waals surface area contributed by atoms with Crippen LogP contribution >= 0.6 is 0 Å². The zero-order valence-electron chi connectivity index (χ0n) is 17.2. The number of hydrogen-bond acceptors (Lipinski definition) is 1. The second kappa shape index (κ2) is 7.92. The van der Waals surface area contributed by atoms with E-state index in [2.05, 4.69) is 75.2 Å². The first-order valence-corrected chi connectivity index (χ1v) is 10.2. The number of nitrogens with zero attached hydrogens (tertiary/aromatic N) is 3. The Morgan fingerprint density at radius 1 is 0.645 bits per heavy atom. The summed E-state index contributed by atoms with van der Waals surface area (Å²) in [4.78, 5) is 8.86. The Labute approximate surface area is 181 Å². The van der Waals surface area contributed by atoms with E-state index in [1.165, 1.54) is 21.8 Å².